The third-order valence-corrected chi connectivity index (χ3v) is 6.77. The maximum atomic E-state index is 13.3. The molecule has 1 unspecified atom stereocenters. The molecule has 6 nitrogen and oxygen atoms in total. The van der Waals surface area contributed by atoms with Crippen LogP contribution in [0.25, 0.3) is 22.0 Å². The predicted molar refractivity (Wildman–Crippen MR) is 125 cm³/mol. The molecule has 1 saturated carbocycles. The molecule has 1 saturated heterocycles. The molecular formula is C26H30N4O2. The molecule has 5 rings (SSSR count). The number of carbonyl (C=O) groups is 2. The number of nitrogens with zero attached hydrogens (tertiary/aromatic N) is 3. The van der Waals surface area contributed by atoms with E-state index in [1.54, 1.807) is 0 Å². The molecule has 2 fully saturated rings. The Balaban J connectivity index is 1.27. The highest BCUT2D eigenvalue weighted by Gasteiger charge is 2.37. The second-order valence-electron chi connectivity index (χ2n) is 9.51. The van der Waals surface area contributed by atoms with Crippen molar-refractivity contribution in [1.82, 2.24) is 20.0 Å². The molecule has 1 atom stereocenters. The molecule has 0 spiro atoms. The van der Waals surface area contributed by atoms with E-state index in [9.17, 15) is 9.59 Å². The van der Waals surface area contributed by atoms with E-state index in [1.807, 2.05) is 46.3 Å². The van der Waals surface area contributed by atoms with E-state index in [2.05, 4.69) is 36.2 Å². The van der Waals surface area contributed by atoms with Crippen molar-refractivity contribution in [3.63, 3.8) is 0 Å². The Morgan fingerprint density at radius 1 is 1.09 bits per heavy atom. The van der Waals surface area contributed by atoms with E-state index in [0.717, 1.165) is 54.4 Å². The fourth-order valence-corrected chi connectivity index (χ4v) is 4.67. The van der Waals surface area contributed by atoms with Gasteiger partial charge in [-0.05, 0) is 74.4 Å². The van der Waals surface area contributed by atoms with Crippen molar-refractivity contribution in [2.45, 2.75) is 39.2 Å². The van der Waals surface area contributed by atoms with Gasteiger partial charge in [-0.3, -0.25) is 14.7 Å². The van der Waals surface area contributed by atoms with Gasteiger partial charge in [0.2, 0.25) is 5.91 Å². The van der Waals surface area contributed by atoms with E-state index in [0.29, 0.717) is 23.9 Å². The first kappa shape index (κ1) is 20.7. The van der Waals surface area contributed by atoms with Gasteiger partial charge in [0.05, 0.1) is 11.7 Å². The average molecular weight is 431 g/mol. The number of carbonyl (C=O) groups excluding carboxylic acids is 2. The van der Waals surface area contributed by atoms with Crippen molar-refractivity contribution in [3.8, 4) is 11.1 Å². The minimum absolute atomic E-state index is 0.0591. The van der Waals surface area contributed by atoms with E-state index >= 15 is 0 Å². The minimum Gasteiger partial charge on any atom is -0.342 e. The Hall–Kier alpha value is -3.15. The number of benzene rings is 2. The number of amides is 2. The molecule has 2 aromatic carbocycles. The summed E-state index contributed by atoms with van der Waals surface area (Å²) in [6.45, 7) is 6.43. The van der Waals surface area contributed by atoms with Crippen molar-refractivity contribution in [2.24, 2.45) is 11.8 Å². The third kappa shape index (κ3) is 4.14. The van der Waals surface area contributed by atoms with Gasteiger partial charge in [-0.2, -0.15) is 5.10 Å². The molecule has 1 aliphatic heterocycles. The summed E-state index contributed by atoms with van der Waals surface area (Å²) in [5, 5.41) is 8.12. The molecule has 1 N–H and O–H groups in total. The second kappa shape index (κ2) is 8.41. The number of hydrogen-bond donors (Lipinski definition) is 1. The molecular weight excluding hydrogens is 400 g/mol. The van der Waals surface area contributed by atoms with Crippen LogP contribution in [0.5, 0.6) is 0 Å². The Labute approximate surface area is 188 Å². The fraction of sp³-hybridized carbons (Fsp3) is 0.423. The molecule has 166 valence electrons. The quantitative estimate of drug-likeness (QED) is 0.633. The maximum Gasteiger partial charge on any atom is 0.254 e. The highest BCUT2D eigenvalue weighted by atomic mass is 16.2. The highest BCUT2D eigenvalue weighted by molar-refractivity contribution is 5.95. The monoisotopic (exact) mass is 430 g/mol. The zero-order chi connectivity index (χ0) is 22.2. The summed E-state index contributed by atoms with van der Waals surface area (Å²) in [6.07, 6.45) is 4.88. The van der Waals surface area contributed by atoms with Crippen molar-refractivity contribution in [2.75, 3.05) is 19.6 Å². The molecule has 0 bridgehead atoms. The van der Waals surface area contributed by atoms with E-state index in [1.165, 1.54) is 0 Å². The second-order valence-corrected chi connectivity index (χ2v) is 9.51. The number of rotatable bonds is 6. The standard InChI is InChI=1S/C26H30N4O2/c1-17(2)30(16-18-11-12-29(15-18)25(31)20-7-8-20)26(32)21-5-3-19(4-6-21)22-9-10-24-23(13-22)14-27-28-24/h3-6,9-10,13-14,17-18,20H,7-8,11-12,15-16H2,1-2H3,(H,27,28). The molecule has 2 amide bonds. The lowest BCUT2D eigenvalue weighted by molar-refractivity contribution is -0.131. The van der Waals surface area contributed by atoms with Crippen LogP contribution in [0.2, 0.25) is 0 Å². The first-order chi connectivity index (χ1) is 15.5. The smallest absolute Gasteiger partial charge is 0.254 e. The van der Waals surface area contributed by atoms with Crippen molar-refractivity contribution >= 4 is 22.7 Å². The number of H-pyrrole nitrogens is 1. The zero-order valence-corrected chi connectivity index (χ0v) is 18.8. The number of aromatic nitrogens is 2. The number of likely N-dealkylation sites (tertiary alicyclic amines) is 1. The SMILES string of the molecule is CC(C)N(CC1CCN(C(=O)C2CC2)C1)C(=O)c1ccc(-c2ccc3[nH]ncc3c2)cc1. The lowest BCUT2D eigenvalue weighted by Crippen LogP contribution is -2.41. The zero-order valence-electron chi connectivity index (χ0n) is 18.8. The van der Waals surface area contributed by atoms with Crippen LogP contribution in [0.1, 0.15) is 43.5 Å². The van der Waals surface area contributed by atoms with Gasteiger partial charge in [0.1, 0.15) is 0 Å². The normalized spacial score (nSPS) is 18.5. The van der Waals surface area contributed by atoms with Gasteiger partial charge in [-0.1, -0.05) is 18.2 Å². The van der Waals surface area contributed by atoms with Crippen LogP contribution < -0.4 is 0 Å². The van der Waals surface area contributed by atoms with Crippen LogP contribution in [-0.2, 0) is 4.79 Å². The molecule has 6 heteroatoms. The number of fused-ring (bicyclic) bond motifs is 1. The topological polar surface area (TPSA) is 69.3 Å². The van der Waals surface area contributed by atoms with Gasteiger partial charge < -0.3 is 9.80 Å². The number of aromatic amines is 1. The van der Waals surface area contributed by atoms with Crippen molar-refractivity contribution in [1.29, 1.82) is 0 Å². The molecule has 1 aliphatic carbocycles. The molecule has 2 aliphatic rings. The lowest BCUT2D eigenvalue weighted by atomic mass is 10.0. The van der Waals surface area contributed by atoms with Gasteiger partial charge in [0.15, 0.2) is 0 Å². The largest absolute Gasteiger partial charge is 0.342 e. The van der Waals surface area contributed by atoms with Crippen LogP contribution in [-0.4, -0.2) is 57.5 Å². The van der Waals surface area contributed by atoms with E-state index in [-0.39, 0.29) is 17.9 Å². The minimum atomic E-state index is 0.0591. The predicted octanol–water partition coefficient (Wildman–Crippen LogP) is 4.34. The Kier molecular flexibility index (Phi) is 5.45. The Bertz CT molecular complexity index is 1130. The first-order valence-electron chi connectivity index (χ1n) is 11.6. The number of nitrogens with one attached hydrogen (secondary N) is 1. The van der Waals surface area contributed by atoms with Crippen LogP contribution in [0, 0.1) is 11.8 Å². The summed E-state index contributed by atoms with van der Waals surface area (Å²) in [7, 11) is 0. The average Bonchev–Trinajstić information content (AvgIpc) is 3.36. The maximum absolute atomic E-state index is 13.3. The Morgan fingerprint density at radius 2 is 1.84 bits per heavy atom. The van der Waals surface area contributed by atoms with Gasteiger partial charge in [-0.25, -0.2) is 0 Å². The fourth-order valence-electron chi connectivity index (χ4n) is 4.67. The molecule has 1 aromatic heterocycles. The lowest BCUT2D eigenvalue weighted by Gasteiger charge is -2.30. The van der Waals surface area contributed by atoms with Gasteiger partial charge in [0, 0.05) is 42.5 Å². The number of hydrogen-bond acceptors (Lipinski definition) is 3. The summed E-state index contributed by atoms with van der Waals surface area (Å²) in [4.78, 5) is 29.7. The Morgan fingerprint density at radius 3 is 2.56 bits per heavy atom. The van der Waals surface area contributed by atoms with Gasteiger partial charge >= 0.3 is 0 Å². The van der Waals surface area contributed by atoms with Crippen LogP contribution in [0.15, 0.2) is 48.7 Å². The van der Waals surface area contributed by atoms with E-state index in [4.69, 9.17) is 0 Å². The van der Waals surface area contributed by atoms with E-state index < -0.39 is 0 Å². The summed E-state index contributed by atoms with van der Waals surface area (Å²) >= 11 is 0. The summed E-state index contributed by atoms with van der Waals surface area (Å²) in [6, 6.07) is 14.2. The van der Waals surface area contributed by atoms with Crippen LogP contribution in [0.3, 0.4) is 0 Å². The summed E-state index contributed by atoms with van der Waals surface area (Å²) < 4.78 is 0. The molecule has 2 heterocycles. The molecule has 3 aromatic rings. The molecule has 32 heavy (non-hydrogen) atoms. The van der Waals surface area contributed by atoms with Crippen molar-refractivity contribution in [3.05, 3.63) is 54.2 Å². The summed E-state index contributed by atoms with van der Waals surface area (Å²) in [5.74, 6) is 0.997. The summed E-state index contributed by atoms with van der Waals surface area (Å²) in [5.41, 5.74) is 3.89. The molecule has 0 radical (unpaired) electrons. The van der Waals surface area contributed by atoms with Crippen LogP contribution in [0.4, 0.5) is 0 Å². The third-order valence-electron chi connectivity index (χ3n) is 6.77. The highest BCUT2D eigenvalue weighted by Crippen LogP contribution is 2.33. The van der Waals surface area contributed by atoms with Gasteiger partial charge in [0.25, 0.3) is 5.91 Å². The van der Waals surface area contributed by atoms with Gasteiger partial charge in [-0.15, -0.1) is 0 Å². The first-order valence-corrected chi connectivity index (χ1v) is 11.6. The van der Waals surface area contributed by atoms with Crippen LogP contribution >= 0.6 is 0 Å². The van der Waals surface area contributed by atoms with Crippen molar-refractivity contribution < 1.29 is 9.59 Å².